The SMILES string of the molecule is COc1ccccc1C(=O)O[C@H]1C[C@H](C)N(C)C[C@@H]1C. The second-order valence-corrected chi connectivity index (χ2v) is 5.65. The molecule has 1 aromatic carbocycles. The molecule has 2 rings (SSSR count). The summed E-state index contributed by atoms with van der Waals surface area (Å²) in [6.07, 6.45) is 0.845. The van der Waals surface area contributed by atoms with Crippen LogP contribution in [0.4, 0.5) is 0 Å². The number of benzene rings is 1. The fourth-order valence-electron chi connectivity index (χ4n) is 2.68. The molecule has 1 aliphatic heterocycles. The van der Waals surface area contributed by atoms with Gasteiger partial charge in [0.05, 0.1) is 7.11 Å². The van der Waals surface area contributed by atoms with E-state index in [0.717, 1.165) is 13.0 Å². The number of piperidine rings is 1. The standard InChI is InChI=1S/C16H23NO3/c1-11-10-17(3)12(2)9-15(11)20-16(18)13-7-5-6-8-14(13)19-4/h5-8,11-12,15H,9-10H2,1-4H3/t11-,12-,15-/m0/s1. The first kappa shape index (κ1) is 14.9. The van der Waals surface area contributed by atoms with Gasteiger partial charge in [-0.1, -0.05) is 19.1 Å². The van der Waals surface area contributed by atoms with Gasteiger partial charge in [0.2, 0.25) is 0 Å². The minimum absolute atomic E-state index is 0.0291. The molecule has 1 aromatic rings. The van der Waals surface area contributed by atoms with Gasteiger partial charge < -0.3 is 14.4 Å². The van der Waals surface area contributed by atoms with Crippen LogP contribution in [0, 0.1) is 5.92 Å². The van der Waals surface area contributed by atoms with Crippen LogP contribution < -0.4 is 4.74 Å². The number of likely N-dealkylation sites (tertiary alicyclic amines) is 1. The van der Waals surface area contributed by atoms with Crippen LogP contribution in [-0.2, 0) is 4.74 Å². The molecule has 1 saturated heterocycles. The van der Waals surface area contributed by atoms with E-state index in [9.17, 15) is 4.79 Å². The Hall–Kier alpha value is -1.55. The number of carbonyl (C=O) groups is 1. The van der Waals surface area contributed by atoms with E-state index in [1.807, 2.05) is 12.1 Å². The van der Waals surface area contributed by atoms with E-state index in [-0.39, 0.29) is 12.1 Å². The Balaban J connectivity index is 2.07. The Bertz CT molecular complexity index is 475. The first-order chi connectivity index (χ1) is 9.52. The molecular formula is C16H23NO3. The highest BCUT2D eigenvalue weighted by molar-refractivity contribution is 5.92. The first-order valence-electron chi connectivity index (χ1n) is 7.07. The fraction of sp³-hybridized carbons (Fsp3) is 0.562. The zero-order valence-electron chi connectivity index (χ0n) is 12.6. The number of rotatable bonds is 3. The number of methoxy groups -OCH3 is 1. The largest absolute Gasteiger partial charge is 0.496 e. The lowest BCUT2D eigenvalue weighted by Gasteiger charge is -2.39. The van der Waals surface area contributed by atoms with E-state index < -0.39 is 0 Å². The van der Waals surface area contributed by atoms with Crippen LogP contribution in [0.15, 0.2) is 24.3 Å². The number of nitrogens with zero attached hydrogens (tertiary/aromatic N) is 1. The summed E-state index contributed by atoms with van der Waals surface area (Å²) in [5.41, 5.74) is 0.494. The summed E-state index contributed by atoms with van der Waals surface area (Å²) >= 11 is 0. The van der Waals surface area contributed by atoms with Gasteiger partial charge in [-0.25, -0.2) is 4.79 Å². The molecule has 0 bridgehead atoms. The Morgan fingerprint density at radius 2 is 2.00 bits per heavy atom. The molecule has 0 N–H and O–H groups in total. The molecule has 0 unspecified atom stereocenters. The number of hydrogen-bond acceptors (Lipinski definition) is 4. The highest BCUT2D eigenvalue weighted by Crippen LogP contribution is 2.26. The zero-order valence-corrected chi connectivity index (χ0v) is 12.6. The van der Waals surface area contributed by atoms with Gasteiger partial charge in [-0.15, -0.1) is 0 Å². The molecule has 20 heavy (non-hydrogen) atoms. The molecule has 0 aromatic heterocycles. The van der Waals surface area contributed by atoms with Gasteiger partial charge in [-0.3, -0.25) is 0 Å². The molecule has 0 amide bonds. The molecule has 1 heterocycles. The van der Waals surface area contributed by atoms with E-state index in [2.05, 4.69) is 25.8 Å². The molecule has 0 radical (unpaired) electrons. The molecule has 0 saturated carbocycles. The van der Waals surface area contributed by atoms with Crippen molar-refractivity contribution in [2.24, 2.45) is 5.92 Å². The topological polar surface area (TPSA) is 38.8 Å². The summed E-state index contributed by atoms with van der Waals surface area (Å²) in [4.78, 5) is 14.6. The number of ether oxygens (including phenoxy) is 2. The van der Waals surface area contributed by atoms with Crippen LogP contribution in [0.3, 0.4) is 0 Å². The molecule has 4 nitrogen and oxygen atoms in total. The van der Waals surface area contributed by atoms with E-state index in [1.54, 1.807) is 19.2 Å². The first-order valence-corrected chi connectivity index (χ1v) is 7.07. The van der Waals surface area contributed by atoms with Crippen LogP contribution in [0.2, 0.25) is 0 Å². The lowest BCUT2D eigenvalue weighted by molar-refractivity contribution is -0.0198. The lowest BCUT2D eigenvalue weighted by atomic mass is 9.92. The van der Waals surface area contributed by atoms with Gasteiger partial charge in [0, 0.05) is 18.5 Å². The maximum atomic E-state index is 12.3. The third kappa shape index (κ3) is 3.12. The molecular weight excluding hydrogens is 254 g/mol. The monoisotopic (exact) mass is 277 g/mol. The summed E-state index contributed by atoms with van der Waals surface area (Å²) < 4.78 is 10.9. The van der Waals surface area contributed by atoms with Crippen molar-refractivity contribution in [2.45, 2.75) is 32.4 Å². The van der Waals surface area contributed by atoms with E-state index in [1.165, 1.54) is 0 Å². The van der Waals surface area contributed by atoms with Crippen molar-refractivity contribution in [3.63, 3.8) is 0 Å². The third-order valence-corrected chi connectivity index (χ3v) is 4.12. The number of para-hydroxylation sites is 1. The summed E-state index contributed by atoms with van der Waals surface area (Å²) in [6.45, 7) is 5.24. The van der Waals surface area contributed by atoms with Crippen LogP contribution in [0.5, 0.6) is 5.75 Å². The maximum absolute atomic E-state index is 12.3. The second kappa shape index (κ2) is 6.27. The van der Waals surface area contributed by atoms with Crippen molar-refractivity contribution in [1.82, 2.24) is 4.90 Å². The summed E-state index contributed by atoms with van der Waals surface area (Å²) in [6, 6.07) is 7.61. The predicted molar refractivity (Wildman–Crippen MR) is 78.1 cm³/mol. The summed E-state index contributed by atoms with van der Waals surface area (Å²) in [5.74, 6) is 0.608. The van der Waals surface area contributed by atoms with E-state index in [0.29, 0.717) is 23.3 Å². The number of carbonyl (C=O) groups excluding carboxylic acids is 1. The van der Waals surface area contributed by atoms with Crippen LogP contribution in [-0.4, -0.2) is 43.7 Å². The molecule has 1 aliphatic rings. The average molecular weight is 277 g/mol. The maximum Gasteiger partial charge on any atom is 0.342 e. The summed E-state index contributed by atoms with van der Waals surface area (Å²) in [7, 11) is 3.67. The van der Waals surface area contributed by atoms with Crippen molar-refractivity contribution in [3.05, 3.63) is 29.8 Å². The van der Waals surface area contributed by atoms with Crippen molar-refractivity contribution < 1.29 is 14.3 Å². The minimum Gasteiger partial charge on any atom is -0.496 e. The van der Waals surface area contributed by atoms with Crippen LogP contribution >= 0.6 is 0 Å². The van der Waals surface area contributed by atoms with Crippen LogP contribution in [0.25, 0.3) is 0 Å². The van der Waals surface area contributed by atoms with Gasteiger partial charge in [-0.2, -0.15) is 0 Å². The quantitative estimate of drug-likeness (QED) is 0.796. The zero-order chi connectivity index (χ0) is 14.7. The molecule has 3 atom stereocenters. The van der Waals surface area contributed by atoms with Crippen molar-refractivity contribution in [1.29, 1.82) is 0 Å². The molecule has 4 heteroatoms. The van der Waals surface area contributed by atoms with Gasteiger partial charge in [0.1, 0.15) is 17.4 Å². The third-order valence-electron chi connectivity index (χ3n) is 4.12. The van der Waals surface area contributed by atoms with Crippen molar-refractivity contribution in [3.8, 4) is 5.75 Å². The number of esters is 1. The van der Waals surface area contributed by atoms with Gasteiger partial charge >= 0.3 is 5.97 Å². The molecule has 0 aliphatic carbocycles. The second-order valence-electron chi connectivity index (χ2n) is 5.65. The Kier molecular flexibility index (Phi) is 4.65. The highest BCUT2D eigenvalue weighted by atomic mass is 16.5. The van der Waals surface area contributed by atoms with E-state index in [4.69, 9.17) is 9.47 Å². The molecule has 0 spiro atoms. The highest BCUT2D eigenvalue weighted by Gasteiger charge is 2.32. The fourth-order valence-corrected chi connectivity index (χ4v) is 2.68. The van der Waals surface area contributed by atoms with Gasteiger partial charge in [0.25, 0.3) is 0 Å². The summed E-state index contributed by atoms with van der Waals surface area (Å²) in [5, 5.41) is 0. The predicted octanol–water partition coefficient (Wildman–Crippen LogP) is 2.58. The smallest absolute Gasteiger partial charge is 0.342 e. The normalized spacial score (nSPS) is 27.1. The minimum atomic E-state index is -0.295. The van der Waals surface area contributed by atoms with Gasteiger partial charge in [-0.05, 0) is 32.5 Å². The van der Waals surface area contributed by atoms with E-state index >= 15 is 0 Å². The molecule has 1 fully saturated rings. The van der Waals surface area contributed by atoms with Crippen molar-refractivity contribution in [2.75, 3.05) is 20.7 Å². The van der Waals surface area contributed by atoms with Crippen LogP contribution in [0.1, 0.15) is 30.6 Å². The average Bonchev–Trinajstić information content (AvgIpc) is 2.44. The Morgan fingerprint density at radius 3 is 2.70 bits per heavy atom. The molecule has 110 valence electrons. The number of hydrogen-bond donors (Lipinski definition) is 0. The Labute approximate surface area is 120 Å². The lowest BCUT2D eigenvalue weighted by Crippen LogP contribution is -2.46. The Morgan fingerprint density at radius 1 is 1.30 bits per heavy atom. The van der Waals surface area contributed by atoms with Gasteiger partial charge in [0.15, 0.2) is 0 Å². The van der Waals surface area contributed by atoms with Crippen molar-refractivity contribution >= 4 is 5.97 Å².